The largest absolute Gasteiger partial charge is 0.496 e. The van der Waals surface area contributed by atoms with E-state index < -0.39 is 0 Å². The molecule has 0 N–H and O–H groups in total. The van der Waals surface area contributed by atoms with Gasteiger partial charge in [0.05, 0.1) is 12.7 Å². The van der Waals surface area contributed by atoms with Gasteiger partial charge in [0.1, 0.15) is 16.8 Å². The zero-order chi connectivity index (χ0) is 24.0. The van der Waals surface area contributed by atoms with Crippen molar-refractivity contribution in [2.75, 3.05) is 12.0 Å². The predicted molar refractivity (Wildman–Crippen MR) is 133 cm³/mol. The zero-order valence-electron chi connectivity index (χ0n) is 20.1. The lowest BCUT2D eigenvalue weighted by Crippen LogP contribution is -2.43. The standard InChI is InChI=1S/C28H30N2O3S/c1-28(2)14-21-26(22(31)15-28)19(17-9-7-8-11-23(17)33-3)13-25(32)30(21)27-20(16-29)18-10-5-4-6-12-24(18)34-27/h7-9,11,19H,4-6,10,12-15H2,1-3H3/t19-/m0/s1. The van der Waals surface area contributed by atoms with Crippen LogP contribution in [0.2, 0.25) is 0 Å². The van der Waals surface area contributed by atoms with Gasteiger partial charge in [-0.25, -0.2) is 0 Å². The molecule has 2 aromatic rings. The first kappa shape index (κ1) is 22.9. The average Bonchev–Trinajstić information content (AvgIpc) is 2.97. The number of ketones is 1. The fraction of sp³-hybridized carbons (Fsp3) is 0.464. The van der Waals surface area contributed by atoms with Gasteiger partial charge in [0.25, 0.3) is 0 Å². The van der Waals surface area contributed by atoms with Crippen molar-refractivity contribution in [1.82, 2.24) is 0 Å². The summed E-state index contributed by atoms with van der Waals surface area (Å²) in [6.45, 7) is 4.16. The van der Waals surface area contributed by atoms with Gasteiger partial charge in [-0.2, -0.15) is 5.26 Å². The second-order valence-electron chi connectivity index (χ2n) is 10.4. The van der Waals surface area contributed by atoms with E-state index in [9.17, 15) is 14.9 Å². The van der Waals surface area contributed by atoms with Crippen molar-refractivity contribution in [1.29, 1.82) is 5.26 Å². The molecule has 0 saturated carbocycles. The molecule has 6 heteroatoms. The van der Waals surface area contributed by atoms with Crippen molar-refractivity contribution < 1.29 is 14.3 Å². The van der Waals surface area contributed by atoms with Gasteiger partial charge in [0.2, 0.25) is 5.91 Å². The number of ether oxygens (including phenoxy) is 1. The maximum absolute atomic E-state index is 13.8. The lowest BCUT2D eigenvalue weighted by Gasteiger charge is -2.42. The molecule has 0 fully saturated rings. The van der Waals surface area contributed by atoms with Crippen LogP contribution in [-0.4, -0.2) is 18.8 Å². The molecule has 3 aliphatic rings. The minimum atomic E-state index is -0.332. The summed E-state index contributed by atoms with van der Waals surface area (Å²) >= 11 is 1.58. The van der Waals surface area contributed by atoms with E-state index >= 15 is 0 Å². The van der Waals surface area contributed by atoms with E-state index in [-0.39, 0.29) is 29.4 Å². The molecule has 0 saturated heterocycles. The van der Waals surface area contributed by atoms with Crippen molar-refractivity contribution >= 4 is 28.0 Å². The molecule has 0 unspecified atom stereocenters. The first-order chi connectivity index (χ1) is 16.3. The smallest absolute Gasteiger partial charge is 0.232 e. The number of fused-ring (bicyclic) bond motifs is 1. The molecule has 0 bridgehead atoms. The van der Waals surface area contributed by atoms with Crippen LogP contribution in [0.1, 0.15) is 79.9 Å². The first-order valence-electron chi connectivity index (χ1n) is 12.1. The van der Waals surface area contributed by atoms with Crippen LogP contribution in [0, 0.1) is 16.7 Å². The van der Waals surface area contributed by atoms with Crippen LogP contribution in [0.15, 0.2) is 35.5 Å². The second kappa shape index (κ2) is 8.70. The van der Waals surface area contributed by atoms with E-state index in [0.717, 1.165) is 53.1 Å². The molecule has 0 spiro atoms. The Bertz CT molecular complexity index is 1250. The summed E-state index contributed by atoms with van der Waals surface area (Å²) in [6, 6.07) is 10.1. The zero-order valence-corrected chi connectivity index (χ0v) is 20.9. The Hall–Kier alpha value is -2.91. The SMILES string of the molecule is COc1ccccc1[C@@H]1CC(=O)N(c2sc3c(c2C#N)CCCCC3)C2=C1C(=O)CC(C)(C)C2. The van der Waals surface area contributed by atoms with Crippen LogP contribution in [0.25, 0.3) is 0 Å². The van der Waals surface area contributed by atoms with Crippen LogP contribution < -0.4 is 9.64 Å². The molecule has 1 aliphatic heterocycles. The van der Waals surface area contributed by atoms with Gasteiger partial charge in [-0.3, -0.25) is 14.5 Å². The van der Waals surface area contributed by atoms with Crippen molar-refractivity contribution in [2.45, 2.75) is 71.1 Å². The fourth-order valence-electron chi connectivity index (χ4n) is 5.87. The highest BCUT2D eigenvalue weighted by Gasteiger charge is 2.46. The van der Waals surface area contributed by atoms with Gasteiger partial charge in [0, 0.05) is 40.5 Å². The quantitative estimate of drug-likeness (QED) is 0.507. The molecule has 1 aromatic heterocycles. The molecular formula is C28H30N2O3S. The van der Waals surface area contributed by atoms with Crippen molar-refractivity contribution in [3.63, 3.8) is 0 Å². The third-order valence-corrected chi connectivity index (χ3v) is 8.65. The minimum absolute atomic E-state index is 0.0481. The van der Waals surface area contributed by atoms with Gasteiger partial charge < -0.3 is 4.74 Å². The number of thiophene rings is 1. The molecule has 2 heterocycles. The highest BCUT2D eigenvalue weighted by Crippen LogP contribution is 2.51. The number of Topliss-reactive ketones (excluding diaryl/α,β-unsaturated/α-hetero) is 1. The summed E-state index contributed by atoms with van der Waals surface area (Å²) < 4.78 is 5.60. The number of carbonyl (C=O) groups excluding carboxylic acids is 2. The molecule has 1 aromatic carbocycles. The molecule has 1 amide bonds. The number of aryl methyl sites for hydroxylation is 1. The Morgan fingerprint density at radius 1 is 1.12 bits per heavy atom. The van der Waals surface area contributed by atoms with Gasteiger partial charge >= 0.3 is 0 Å². The minimum Gasteiger partial charge on any atom is -0.496 e. The third-order valence-electron chi connectivity index (χ3n) is 7.37. The van der Waals surface area contributed by atoms with Crippen LogP contribution in [0.3, 0.4) is 0 Å². The lowest BCUT2D eigenvalue weighted by atomic mass is 9.69. The average molecular weight is 475 g/mol. The Kier molecular flexibility index (Phi) is 5.85. The number of amides is 1. The van der Waals surface area contributed by atoms with E-state index in [2.05, 4.69) is 19.9 Å². The van der Waals surface area contributed by atoms with Crippen molar-refractivity contribution in [3.05, 3.63) is 57.1 Å². The number of hydrogen-bond donors (Lipinski definition) is 0. The maximum atomic E-state index is 13.8. The van der Waals surface area contributed by atoms with E-state index in [1.807, 2.05) is 24.3 Å². The van der Waals surface area contributed by atoms with Crippen LogP contribution in [0.5, 0.6) is 5.75 Å². The fourth-order valence-corrected chi connectivity index (χ4v) is 7.25. The number of nitriles is 1. The predicted octanol–water partition coefficient (Wildman–Crippen LogP) is 6.06. The van der Waals surface area contributed by atoms with Gasteiger partial charge in [-0.1, -0.05) is 38.5 Å². The number of para-hydroxylation sites is 1. The summed E-state index contributed by atoms with van der Waals surface area (Å²) in [4.78, 5) is 30.4. The Morgan fingerprint density at radius 2 is 1.88 bits per heavy atom. The van der Waals surface area contributed by atoms with E-state index in [1.165, 1.54) is 11.3 Å². The number of methoxy groups -OCH3 is 1. The highest BCUT2D eigenvalue weighted by molar-refractivity contribution is 7.16. The Labute approximate surface area is 205 Å². The second-order valence-corrected chi connectivity index (χ2v) is 11.5. The highest BCUT2D eigenvalue weighted by atomic mass is 32.1. The molecule has 34 heavy (non-hydrogen) atoms. The Balaban J connectivity index is 1.71. The summed E-state index contributed by atoms with van der Waals surface area (Å²) in [5.41, 5.74) is 3.87. The topological polar surface area (TPSA) is 70.4 Å². The summed E-state index contributed by atoms with van der Waals surface area (Å²) in [5.74, 6) is 0.407. The number of hydrogen-bond acceptors (Lipinski definition) is 5. The van der Waals surface area contributed by atoms with Crippen LogP contribution in [0.4, 0.5) is 5.00 Å². The summed E-state index contributed by atoms with van der Waals surface area (Å²) in [7, 11) is 1.62. The number of carbonyl (C=O) groups is 2. The van der Waals surface area contributed by atoms with Crippen molar-refractivity contribution in [3.8, 4) is 11.8 Å². The van der Waals surface area contributed by atoms with Crippen LogP contribution >= 0.6 is 11.3 Å². The summed E-state index contributed by atoms with van der Waals surface area (Å²) in [6.07, 6.45) is 6.46. The van der Waals surface area contributed by atoms with Gasteiger partial charge in [0.15, 0.2) is 5.78 Å². The number of rotatable bonds is 3. The molecule has 5 nitrogen and oxygen atoms in total. The number of allylic oxidation sites excluding steroid dienone is 2. The third kappa shape index (κ3) is 3.76. The molecule has 0 radical (unpaired) electrons. The van der Waals surface area contributed by atoms with Crippen molar-refractivity contribution in [2.24, 2.45) is 5.41 Å². The number of benzene rings is 1. The van der Waals surface area contributed by atoms with E-state index in [0.29, 0.717) is 24.2 Å². The van der Waals surface area contributed by atoms with Gasteiger partial charge in [-0.05, 0) is 49.1 Å². The van der Waals surface area contributed by atoms with Gasteiger partial charge in [-0.15, -0.1) is 11.3 Å². The lowest BCUT2D eigenvalue weighted by molar-refractivity contribution is -0.120. The maximum Gasteiger partial charge on any atom is 0.232 e. The molecule has 176 valence electrons. The molecule has 2 aliphatic carbocycles. The monoisotopic (exact) mass is 474 g/mol. The summed E-state index contributed by atoms with van der Waals surface area (Å²) in [5, 5.41) is 10.9. The number of nitrogens with zero attached hydrogens (tertiary/aromatic N) is 2. The molecule has 5 rings (SSSR count). The van der Waals surface area contributed by atoms with Crippen LogP contribution in [-0.2, 0) is 22.4 Å². The Morgan fingerprint density at radius 3 is 2.65 bits per heavy atom. The first-order valence-corrected chi connectivity index (χ1v) is 12.9. The number of anilines is 1. The van der Waals surface area contributed by atoms with E-state index in [1.54, 1.807) is 23.3 Å². The molecule has 1 atom stereocenters. The van der Waals surface area contributed by atoms with E-state index in [4.69, 9.17) is 4.74 Å². The normalized spacial score (nSPS) is 22.1. The molecular weight excluding hydrogens is 444 g/mol.